The van der Waals surface area contributed by atoms with E-state index >= 15 is 0 Å². The first-order valence-corrected chi connectivity index (χ1v) is 11.7. The summed E-state index contributed by atoms with van der Waals surface area (Å²) in [5.74, 6) is 0.894. The van der Waals surface area contributed by atoms with Crippen molar-refractivity contribution in [2.75, 3.05) is 37.8 Å². The van der Waals surface area contributed by atoms with Crippen LogP contribution in [0.15, 0.2) is 70.1 Å². The number of hydrogen-bond donors (Lipinski definition) is 0. The standard InChI is InChI=1S/C26H26BrFN2O3/c1-2-32-25-16-20(15-24(27)26(25)33-18-19-4-3-5-21(28)14-19)17-29-22-6-8-23(9-7-22)30-10-12-31-13-11-30/h3-9,14-17H,2,10-13,18H2,1H3. The highest BCUT2D eigenvalue weighted by atomic mass is 79.9. The number of morpholine rings is 1. The Kier molecular flexibility index (Phi) is 7.96. The van der Waals surface area contributed by atoms with Gasteiger partial charge in [0.25, 0.3) is 0 Å². The number of benzene rings is 3. The molecular formula is C26H26BrFN2O3. The third-order valence-corrected chi connectivity index (χ3v) is 5.78. The van der Waals surface area contributed by atoms with Gasteiger partial charge in [-0.25, -0.2) is 4.39 Å². The van der Waals surface area contributed by atoms with Crippen molar-refractivity contribution in [2.24, 2.45) is 4.99 Å². The Morgan fingerprint density at radius 3 is 2.58 bits per heavy atom. The molecular weight excluding hydrogens is 487 g/mol. The summed E-state index contributed by atoms with van der Waals surface area (Å²) in [5.41, 5.74) is 3.67. The van der Waals surface area contributed by atoms with Crippen LogP contribution in [-0.2, 0) is 11.3 Å². The predicted molar refractivity (Wildman–Crippen MR) is 133 cm³/mol. The van der Waals surface area contributed by atoms with Gasteiger partial charge in [-0.15, -0.1) is 0 Å². The van der Waals surface area contributed by atoms with Crippen LogP contribution in [0.5, 0.6) is 11.5 Å². The average Bonchev–Trinajstić information content (AvgIpc) is 2.83. The summed E-state index contributed by atoms with van der Waals surface area (Å²) in [4.78, 5) is 6.92. The van der Waals surface area contributed by atoms with Crippen molar-refractivity contribution in [3.8, 4) is 11.5 Å². The molecule has 0 radical (unpaired) electrons. The molecule has 0 amide bonds. The van der Waals surface area contributed by atoms with Crippen LogP contribution in [0, 0.1) is 5.82 Å². The van der Waals surface area contributed by atoms with E-state index in [0.29, 0.717) is 18.1 Å². The minimum absolute atomic E-state index is 0.235. The Morgan fingerprint density at radius 2 is 1.85 bits per heavy atom. The number of halogens is 2. The molecule has 0 unspecified atom stereocenters. The van der Waals surface area contributed by atoms with E-state index in [2.05, 4.69) is 38.0 Å². The predicted octanol–water partition coefficient (Wildman–Crippen LogP) is 6.15. The fourth-order valence-electron chi connectivity index (χ4n) is 3.57. The van der Waals surface area contributed by atoms with Crippen molar-refractivity contribution in [1.82, 2.24) is 0 Å². The maximum absolute atomic E-state index is 13.5. The van der Waals surface area contributed by atoms with E-state index < -0.39 is 0 Å². The van der Waals surface area contributed by atoms with Gasteiger partial charge in [-0.2, -0.15) is 0 Å². The second kappa shape index (κ2) is 11.3. The van der Waals surface area contributed by atoms with Crippen LogP contribution >= 0.6 is 15.9 Å². The minimum Gasteiger partial charge on any atom is -0.490 e. The molecule has 0 bridgehead atoms. The molecule has 0 spiro atoms. The van der Waals surface area contributed by atoms with E-state index in [1.54, 1.807) is 12.3 Å². The van der Waals surface area contributed by atoms with Crippen LogP contribution < -0.4 is 14.4 Å². The zero-order valence-electron chi connectivity index (χ0n) is 18.5. The zero-order chi connectivity index (χ0) is 23.0. The molecule has 0 atom stereocenters. The highest BCUT2D eigenvalue weighted by Crippen LogP contribution is 2.37. The van der Waals surface area contributed by atoms with Crippen LogP contribution in [0.4, 0.5) is 15.8 Å². The molecule has 4 rings (SSSR count). The molecule has 1 saturated heterocycles. The van der Waals surface area contributed by atoms with E-state index in [1.165, 1.54) is 17.8 Å². The maximum Gasteiger partial charge on any atom is 0.175 e. The molecule has 0 aromatic heterocycles. The first-order valence-electron chi connectivity index (χ1n) is 10.9. The third-order valence-electron chi connectivity index (χ3n) is 5.19. The first-order chi connectivity index (χ1) is 16.1. The lowest BCUT2D eigenvalue weighted by atomic mass is 10.2. The van der Waals surface area contributed by atoms with Crippen LogP contribution in [-0.4, -0.2) is 39.1 Å². The lowest BCUT2D eigenvalue weighted by Gasteiger charge is -2.28. The molecule has 7 heteroatoms. The van der Waals surface area contributed by atoms with Crippen molar-refractivity contribution in [2.45, 2.75) is 13.5 Å². The fraction of sp³-hybridized carbons (Fsp3) is 0.269. The van der Waals surface area contributed by atoms with Crippen LogP contribution in [0.1, 0.15) is 18.1 Å². The van der Waals surface area contributed by atoms with Crippen molar-refractivity contribution in [1.29, 1.82) is 0 Å². The first kappa shape index (κ1) is 23.3. The molecule has 1 fully saturated rings. The molecule has 0 N–H and O–H groups in total. The Morgan fingerprint density at radius 1 is 1.06 bits per heavy atom. The van der Waals surface area contributed by atoms with E-state index in [-0.39, 0.29) is 12.4 Å². The normalized spacial score (nSPS) is 14.0. The number of ether oxygens (including phenoxy) is 3. The van der Waals surface area contributed by atoms with Gasteiger partial charge in [0.05, 0.1) is 30.0 Å². The highest BCUT2D eigenvalue weighted by molar-refractivity contribution is 9.10. The fourth-order valence-corrected chi connectivity index (χ4v) is 4.14. The largest absolute Gasteiger partial charge is 0.490 e. The molecule has 5 nitrogen and oxygen atoms in total. The van der Waals surface area contributed by atoms with Crippen molar-refractivity contribution in [3.05, 3.63) is 82.1 Å². The summed E-state index contributed by atoms with van der Waals surface area (Å²) < 4.78 is 31.4. The lowest BCUT2D eigenvalue weighted by Crippen LogP contribution is -2.36. The number of anilines is 1. The van der Waals surface area contributed by atoms with Crippen molar-refractivity contribution >= 4 is 33.5 Å². The maximum atomic E-state index is 13.5. The summed E-state index contributed by atoms with van der Waals surface area (Å²) in [7, 11) is 0. The molecule has 172 valence electrons. The molecule has 1 aliphatic heterocycles. The summed E-state index contributed by atoms with van der Waals surface area (Å²) >= 11 is 3.58. The molecule has 1 heterocycles. The molecule has 0 aliphatic carbocycles. The smallest absolute Gasteiger partial charge is 0.175 e. The van der Waals surface area contributed by atoms with E-state index in [0.717, 1.165) is 47.6 Å². The van der Waals surface area contributed by atoms with Gasteiger partial charge in [0.1, 0.15) is 12.4 Å². The molecule has 33 heavy (non-hydrogen) atoms. The van der Waals surface area contributed by atoms with Gasteiger partial charge in [-0.1, -0.05) is 12.1 Å². The van der Waals surface area contributed by atoms with Crippen LogP contribution in [0.2, 0.25) is 0 Å². The van der Waals surface area contributed by atoms with Gasteiger partial charge < -0.3 is 19.1 Å². The second-order valence-corrected chi connectivity index (χ2v) is 8.41. The van der Waals surface area contributed by atoms with Crippen LogP contribution in [0.25, 0.3) is 0 Å². The zero-order valence-corrected chi connectivity index (χ0v) is 20.1. The Labute approximate surface area is 201 Å². The summed E-state index contributed by atoms with van der Waals surface area (Å²) in [6.45, 7) is 5.99. The topological polar surface area (TPSA) is 43.3 Å². The Balaban J connectivity index is 1.47. The van der Waals surface area contributed by atoms with Crippen molar-refractivity contribution in [3.63, 3.8) is 0 Å². The SMILES string of the molecule is CCOc1cc(C=Nc2ccc(N3CCOCC3)cc2)cc(Br)c1OCc1cccc(F)c1. The number of rotatable bonds is 8. The average molecular weight is 513 g/mol. The lowest BCUT2D eigenvalue weighted by molar-refractivity contribution is 0.122. The monoisotopic (exact) mass is 512 g/mol. The molecule has 3 aromatic carbocycles. The quantitative estimate of drug-likeness (QED) is 0.339. The van der Waals surface area contributed by atoms with E-state index in [9.17, 15) is 4.39 Å². The Hall–Kier alpha value is -2.90. The second-order valence-electron chi connectivity index (χ2n) is 7.56. The molecule has 3 aromatic rings. The van der Waals surface area contributed by atoms with E-state index in [4.69, 9.17) is 14.2 Å². The van der Waals surface area contributed by atoms with Gasteiger partial charge in [0.2, 0.25) is 0 Å². The van der Waals surface area contributed by atoms with E-state index in [1.807, 2.05) is 37.3 Å². The summed E-state index contributed by atoms with van der Waals surface area (Å²) in [6, 6.07) is 18.4. The third kappa shape index (κ3) is 6.33. The number of aliphatic imine (C=N–C) groups is 1. The van der Waals surface area contributed by atoms with Gasteiger partial charge in [-0.3, -0.25) is 4.99 Å². The molecule has 0 saturated carbocycles. The summed E-state index contributed by atoms with van der Waals surface area (Å²) in [6.07, 6.45) is 1.80. The minimum atomic E-state index is -0.287. The number of hydrogen-bond acceptors (Lipinski definition) is 5. The van der Waals surface area contributed by atoms with Crippen LogP contribution in [0.3, 0.4) is 0 Å². The summed E-state index contributed by atoms with van der Waals surface area (Å²) in [5, 5.41) is 0. The number of nitrogens with zero attached hydrogens (tertiary/aromatic N) is 2. The van der Waals surface area contributed by atoms with Gasteiger partial charge in [0.15, 0.2) is 11.5 Å². The van der Waals surface area contributed by atoms with Gasteiger partial charge in [0, 0.05) is 25.0 Å². The molecule has 1 aliphatic rings. The van der Waals surface area contributed by atoms with Gasteiger partial charge in [-0.05, 0) is 82.5 Å². The Bertz CT molecular complexity index is 1100. The van der Waals surface area contributed by atoms with Crippen molar-refractivity contribution < 1.29 is 18.6 Å². The highest BCUT2D eigenvalue weighted by Gasteiger charge is 2.13. The van der Waals surface area contributed by atoms with Gasteiger partial charge >= 0.3 is 0 Å².